The van der Waals surface area contributed by atoms with Crippen molar-refractivity contribution in [2.75, 3.05) is 24.8 Å². The van der Waals surface area contributed by atoms with Gasteiger partial charge in [-0.3, -0.25) is 9.20 Å². The highest BCUT2D eigenvalue weighted by atomic mass is 32.2. The molecule has 0 radical (unpaired) electrons. The summed E-state index contributed by atoms with van der Waals surface area (Å²) in [7, 11) is 1.62. The zero-order chi connectivity index (χ0) is 22.8. The van der Waals surface area contributed by atoms with Gasteiger partial charge >= 0.3 is 5.97 Å². The molecule has 0 aliphatic heterocycles. The summed E-state index contributed by atoms with van der Waals surface area (Å²) >= 11 is 2.36. The van der Waals surface area contributed by atoms with E-state index < -0.39 is 5.97 Å². The van der Waals surface area contributed by atoms with Crippen molar-refractivity contribution in [3.63, 3.8) is 0 Å². The van der Waals surface area contributed by atoms with Crippen LogP contribution in [0.25, 0.3) is 16.6 Å². The molecule has 0 aliphatic carbocycles. The van der Waals surface area contributed by atoms with Gasteiger partial charge in [-0.2, -0.15) is 0 Å². The fourth-order valence-corrected chi connectivity index (χ4v) is 4.84. The standard InChI is InChI=1S/C21H21N5O4S2/c1-5-30-19(28)17-12(3)22-20(32-17)23-16(27)10-31-21-25-24-18-11(2)8-13-6-7-14(29-4)9-15(13)26(18)21/h6-9H,5,10H2,1-4H3,(H,22,23,27). The van der Waals surface area contributed by atoms with Crippen LogP contribution in [0.2, 0.25) is 0 Å². The summed E-state index contributed by atoms with van der Waals surface area (Å²) in [5.41, 5.74) is 3.13. The van der Waals surface area contributed by atoms with Gasteiger partial charge in [-0.05, 0) is 49.9 Å². The molecule has 0 atom stereocenters. The number of methoxy groups -OCH3 is 1. The summed E-state index contributed by atoms with van der Waals surface area (Å²) < 4.78 is 12.3. The van der Waals surface area contributed by atoms with Crippen LogP contribution in [0.4, 0.5) is 5.13 Å². The first-order valence-corrected chi connectivity index (χ1v) is 11.6. The normalized spacial score (nSPS) is 11.1. The molecular weight excluding hydrogens is 450 g/mol. The van der Waals surface area contributed by atoms with Gasteiger partial charge < -0.3 is 14.8 Å². The molecule has 3 heterocycles. The number of carbonyl (C=O) groups is 2. The number of esters is 1. The first kappa shape index (κ1) is 22.0. The Balaban J connectivity index is 1.54. The van der Waals surface area contributed by atoms with Crippen LogP contribution >= 0.6 is 23.1 Å². The minimum absolute atomic E-state index is 0.105. The number of aryl methyl sites for hydroxylation is 2. The molecular formula is C21H21N5O4S2. The molecule has 0 bridgehead atoms. The highest BCUT2D eigenvalue weighted by molar-refractivity contribution is 7.99. The van der Waals surface area contributed by atoms with Gasteiger partial charge in [0.15, 0.2) is 15.9 Å². The molecule has 1 N–H and O–H groups in total. The van der Waals surface area contributed by atoms with Gasteiger partial charge in [0.25, 0.3) is 0 Å². The number of thiazole rings is 1. The van der Waals surface area contributed by atoms with Crippen molar-refractivity contribution in [3.8, 4) is 5.75 Å². The molecule has 0 unspecified atom stereocenters. The number of ether oxygens (including phenoxy) is 2. The Morgan fingerprint density at radius 1 is 1.22 bits per heavy atom. The zero-order valence-electron chi connectivity index (χ0n) is 18.0. The average molecular weight is 472 g/mol. The number of benzene rings is 1. The number of amides is 1. The van der Waals surface area contributed by atoms with Crippen molar-refractivity contribution in [1.82, 2.24) is 19.6 Å². The van der Waals surface area contributed by atoms with E-state index in [2.05, 4.69) is 20.5 Å². The molecule has 166 valence electrons. The Hall–Kier alpha value is -3.18. The second-order valence-corrected chi connectivity index (χ2v) is 8.83. The molecule has 4 aromatic rings. The lowest BCUT2D eigenvalue weighted by atomic mass is 10.1. The summed E-state index contributed by atoms with van der Waals surface area (Å²) in [6, 6.07) is 7.85. The molecule has 1 aromatic carbocycles. The Morgan fingerprint density at radius 3 is 2.78 bits per heavy atom. The lowest BCUT2D eigenvalue weighted by molar-refractivity contribution is -0.113. The minimum Gasteiger partial charge on any atom is -0.497 e. The number of thioether (sulfide) groups is 1. The molecule has 0 saturated carbocycles. The van der Waals surface area contributed by atoms with Crippen LogP contribution in [-0.2, 0) is 9.53 Å². The first-order chi connectivity index (χ1) is 15.4. The van der Waals surface area contributed by atoms with E-state index in [0.717, 1.165) is 39.2 Å². The largest absolute Gasteiger partial charge is 0.497 e. The maximum absolute atomic E-state index is 12.5. The average Bonchev–Trinajstić information content (AvgIpc) is 3.36. The van der Waals surface area contributed by atoms with Crippen LogP contribution < -0.4 is 10.1 Å². The van der Waals surface area contributed by atoms with Crippen LogP contribution in [-0.4, -0.2) is 50.9 Å². The molecule has 32 heavy (non-hydrogen) atoms. The van der Waals surface area contributed by atoms with E-state index in [-0.39, 0.29) is 18.3 Å². The van der Waals surface area contributed by atoms with E-state index in [0.29, 0.717) is 20.9 Å². The topological polar surface area (TPSA) is 108 Å². The molecule has 9 nitrogen and oxygen atoms in total. The van der Waals surface area contributed by atoms with Crippen molar-refractivity contribution < 1.29 is 19.1 Å². The SMILES string of the molecule is CCOC(=O)c1sc(NC(=O)CSc2nnc3c(C)cc4ccc(OC)cc4n23)nc1C. The van der Waals surface area contributed by atoms with Gasteiger partial charge in [-0.15, -0.1) is 10.2 Å². The predicted octanol–water partition coefficient (Wildman–Crippen LogP) is 3.87. The van der Waals surface area contributed by atoms with E-state index in [1.807, 2.05) is 35.6 Å². The number of aromatic nitrogens is 4. The number of anilines is 1. The van der Waals surface area contributed by atoms with Gasteiger partial charge in [0, 0.05) is 6.07 Å². The quantitative estimate of drug-likeness (QED) is 0.320. The zero-order valence-corrected chi connectivity index (χ0v) is 19.6. The predicted molar refractivity (Wildman–Crippen MR) is 124 cm³/mol. The minimum atomic E-state index is -0.440. The van der Waals surface area contributed by atoms with Crippen LogP contribution in [0.5, 0.6) is 5.75 Å². The summed E-state index contributed by atoms with van der Waals surface area (Å²) in [6.45, 7) is 5.70. The second kappa shape index (κ2) is 9.13. The summed E-state index contributed by atoms with van der Waals surface area (Å²) in [5.74, 6) is 0.130. The molecule has 3 aromatic heterocycles. The number of pyridine rings is 1. The number of rotatable bonds is 7. The van der Waals surface area contributed by atoms with E-state index in [4.69, 9.17) is 9.47 Å². The third-order valence-electron chi connectivity index (χ3n) is 4.67. The maximum Gasteiger partial charge on any atom is 0.350 e. The molecule has 0 fully saturated rings. The lowest BCUT2D eigenvalue weighted by Gasteiger charge is -2.08. The van der Waals surface area contributed by atoms with Gasteiger partial charge in [-0.25, -0.2) is 9.78 Å². The number of fused-ring (bicyclic) bond motifs is 3. The van der Waals surface area contributed by atoms with Gasteiger partial charge in [0.1, 0.15) is 10.6 Å². The number of hydrogen-bond donors (Lipinski definition) is 1. The molecule has 0 saturated heterocycles. The van der Waals surface area contributed by atoms with Gasteiger partial charge in [-0.1, -0.05) is 23.1 Å². The third-order valence-corrected chi connectivity index (χ3v) is 6.65. The Labute approximate surface area is 192 Å². The Morgan fingerprint density at radius 2 is 2.03 bits per heavy atom. The Kier molecular flexibility index (Phi) is 6.28. The number of nitrogens with one attached hydrogen (secondary N) is 1. The number of carbonyl (C=O) groups excluding carboxylic acids is 2. The van der Waals surface area contributed by atoms with Crippen LogP contribution in [0.3, 0.4) is 0 Å². The van der Waals surface area contributed by atoms with E-state index in [1.54, 1.807) is 21.0 Å². The van der Waals surface area contributed by atoms with Crippen LogP contribution in [0.1, 0.15) is 27.9 Å². The lowest BCUT2D eigenvalue weighted by Crippen LogP contribution is -2.14. The highest BCUT2D eigenvalue weighted by Crippen LogP contribution is 2.29. The van der Waals surface area contributed by atoms with Crippen LogP contribution in [0.15, 0.2) is 29.4 Å². The van der Waals surface area contributed by atoms with Crippen LogP contribution in [0, 0.1) is 13.8 Å². The molecule has 0 spiro atoms. The smallest absolute Gasteiger partial charge is 0.350 e. The van der Waals surface area contributed by atoms with Crippen molar-refractivity contribution in [2.45, 2.75) is 25.9 Å². The van der Waals surface area contributed by atoms with E-state index in [9.17, 15) is 9.59 Å². The van der Waals surface area contributed by atoms with Crippen molar-refractivity contribution in [3.05, 3.63) is 40.4 Å². The molecule has 11 heteroatoms. The maximum atomic E-state index is 12.5. The summed E-state index contributed by atoms with van der Waals surface area (Å²) in [4.78, 5) is 29.1. The molecule has 4 rings (SSSR count). The third kappa shape index (κ3) is 4.26. The fourth-order valence-electron chi connectivity index (χ4n) is 3.22. The van der Waals surface area contributed by atoms with Crippen molar-refractivity contribution in [2.24, 2.45) is 0 Å². The highest BCUT2D eigenvalue weighted by Gasteiger charge is 2.19. The molecule has 0 aliphatic rings. The van der Waals surface area contributed by atoms with E-state index in [1.165, 1.54) is 11.8 Å². The number of hydrogen-bond acceptors (Lipinski definition) is 9. The van der Waals surface area contributed by atoms with Gasteiger partial charge in [0.05, 0.1) is 30.7 Å². The Bertz CT molecular complexity index is 1330. The summed E-state index contributed by atoms with van der Waals surface area (Å²) in [6.07, 6.45) is 0. The first-order valence-electron chi connectivity index (χ1n) is 9.81. The fraction of sp³-hybridized carbons (Fsp3) is 0.286. The number of nitrogens with zero attached hydrogens (tertiary/aromatic N) is 4. The summed E-state index contributed by atoms with van der Waals surface area (Å²) in [5, 5.41) is 13.3. The molecule has 1 amide bonds. The second-order valence-electron chi connectivity index (χ2n) is 6.88. The van der Waals surface area contributed by atoms with Crippen molar-refractivity contribution in [1.29, 1.82) is 0 Å². The van der Waals surface area contributed by atoms with Gasteiger partial charge in [0.2, 0.25) is 5.91 Å². The van der Waals surface area contributed by atoms with E-state index >= 15 is 0 Å². The van der Waals surface area contributed by atoms with Crippen molar-refractivity contribution >= 4 is 56.7 Å². The monoisotopic (exact) mass is 471 g/mol.